The molecule has 1 atom stereocenters. The molecule has 0 aliphatic rings. The van der Waals surface area contributed by atoms with Gasteiger partial charge in [0.2, 0.25) is 0 Å². The van der Waals surface area contributed by atoms with Crippen LogP contribution in [0.5, 0.6) is 0 Å². The Morgan fingerprint density at radius 3 is 2.00 bits per heavy atom. The van der Waals surface area contributed by atoms with Gasteiger partial charge in [-0.1, -0.05) is 20.4 Å². The predicted molar refractivity (Wildman–Crippen MR) is 47.1 cm³/mol. The molecule has 54 valence electrons. The average Bonchev–Trinajstić information content (AvgIpc) is 1.84. The van der Waals surface area contributed by atoms with Gasteiger partial charge in [-0.2, -0.15) is 0 Å². The molecule has 1 nitrogen and oxygen atoms in total. The van der Waals surface area contributed by atoms with Crippen molar-refractivity contribution in [2.24, 2.45) is 4.99 Å². The monoisotopic (exact) mass is 143 g/mol. The van der Waals surface area contributed by atoms with Crippen molar-refractivity contribution in [1.82, 2.24) is 0 Å². The summed E-state index contributed by atoms with van der Waals surface area (Å²) in [6.45, 7) is 9.07. The normalized spacial score (nSPS) is 16.4. The lowest BCUT2D eigenvalue weighted by atomic mass is 10.6. The van der Waals surface area contributed by atoms with E-state index < -0.39 is 8.80 Å². The lowest BCUT2D eigenvalue weighted by molar-refractivity contribution is 1.05. The van der Waals surface area contributed by atoms with Crippen molar-refractivity contribution in [3.05, 3.63) is 0 Å². The summed E-state index contributed by atoms with van der Waals surface area (Å²) in [4.78, 5) is 4.19. The zero-order valence-electron chi connectivity index (χ0n) is 7.10. The molecule has 9 heavy (non-hydrogen) atoms. The Balaban J connectivity index is 3.88. The lowest BCUT2D eigenvalue weighted by Crippen LogP contribution is -2.22. The van der Waals surface area contributed by atoms with E-state index in [1.165, 1.54) is 5.33 Å². The third-order valence-electron chi connectivity index (χ3n) is 2.01. The largest absolute Gasteiger partial charge is 0.303 e. The fourth-order valence-corrected chi connectivity index (χ4v) is 2.06. The third-order valence-corrected chi connectivity index (χ3v) is 5.59. The average molecular weight is 143 g/mol. The maximum Gasteiger partial charge on any atom is 0.0876 e. The van der Waals surface area contributed by atoms with Crippen LogP contribution in [0, 0.1) is 0 Å². The van der Waals surface area contributed by atoms with Crippen molar-refractivity contribution < 1.29 is 0 Å². The van der Waals surface area contributed by atoms with E-state index in [2.05, 4.69) is 32.3 Å². The number of hydrogen-bond acceptors (Lipinski definition) is 1. The van der Waals surface area contributed by atoms with E-state index in [9.17, 15) is 0 Å². The van der Waals surface area contributed by atoms with Crippen LogP contribution in [0.1, 0.15) is 20.8 Å². The van der Waals surface area contributed by atoms with Crippen LogP contribution in [0.25, 0.3) is 0 Å². The van der Waals surface area contributed by atoms with Crippen LogP contribution < -0.4 is 0 Å². The first-order chi connectivity index (χ1) is 4.09. The molecule has 0 saturated heterocycles. The second kappa shape index (κ2) is 3.83. The molecule has 0 fully saturated rings. The number of rotatable bonds is 2. The molecule has 0 aliphatic heterocycles. The van der Waals surface area contributed by atoms with Gasteiger partial charge in [0.05, 0.1) is 8.80 Å². The van der Waals surface area contributed by atoms with Crippen LogP contribution >= 0.6 is 0 Å². The van der Waals surface area contributed by atoms with E-state index >= 15 is 0 Å². The Hall–Kier alpha value is -0.113. The molecular formula is C7H17NSi. The van der Waals surface area contributed by atoms with Gasteiger partial charge in [0, 0.05) is 7.05 Å². The SMILES string of the molecule is CN=C(C)[SiH](C)C(C)C. The third kappa shape index (κ3) is 2.80. The summed E-state index contributed by atoms with van der Waals surface area (Å²) in [5.41, 5.74) is 0.855. The molecule has 0 bridgehead atoms. The molecule has 1 unspecified atom stereocenters. The Bertz CT molecular complexity index is 107. The molecular weight excluding hydrogens is 126 g/mol. The van der Waals surface area contributed by atoms with Crippen molar-refractivity contribution >= 4 is 14.1 Å². The fourth-order valence-electron chi connectivity index (χ4n) is 0.686. The molecule has 0 aliphatic carbocycles. The second-order valence-electron chi connectivity index (χ2n) is 2.90. The molecule has 0 heterocycles. The van der Waals surface area contributed by atoms with E-state index in [0.717, 1.165) is 5.54 Å². The maximum absolute atomic E-state index is 4.19. The van der Waals surface area contributed by atoms with Crippen molar-refractivity contribution in [2.45, 2.75) is 32.9 Å². The molecule has 0 N–H and O–H groups in total. The van der Waals surface area contributed by atoms with Gasteiger partial charge in [0.1, 0.15) is 0 Å². The number of nitrogens with zero attached hydrogens (tertiary/aromatic N) is 1. The van der Waals surface area contributed by atoms with E-state index in [-0.39, 0.29) is 0 Å². The minimum Gasteiger partial charge on any atom is -0.303 e. The molecule has 0 rings (SSSR count). The minimum absolute atomic E-state index is 0.620. The lowest BCUT2D eigenvalue weighted by Gasteiger charge is -2.11. The Morgan fingerprint density at radius 2 is 1.89 bits per heavy atom. The minimum atomic E-state index is -0.620. The highest BCUT2D eigenvalue weighted by Gasteiger charge is 2.10. The molecule has 0 aromatic rings. The first-order valence-electron chi connectivity index (χ1n) is 3.52. The van der Waals surface area contributed by atoms with Gasteiger partial charge in [0.15, 0.2) is 0 Å². The summed E-state index contributed by atoms with van der Waals surface area (Å²) in [5, 5.41) is 1.39. The highest BCUT2D eigenvalue weighted by Crippen LogP contribution is 2.07. The summed E-state index contributed by atoms with van der Waals surface area (Å²) in [5.74, 6) is 0. The van der Waals surface area contributed by atoms with Crippen molar-refractivity contribution in [3.63, 3.8) is 0 Å². The summed E-state index contributed by atoms with van der Waals surface area (Å²) < 4.78 is 0. The number of hydrogen-bond donors (Lipinski definition) is 0. The second-order valence-corrected chi connectivity index (χ2v) is 6.64. The van der Waals surface area contributed by atoms with E-state index in [1.54, 1.807) is 0 Å². The molecule has 0 spiro atoms. The quantitative estimate of drug-likeness (QED) is 0.413. The highest BCUT2D eigenvalue weighted by molar-refractivity contribution is 6.90. The van der Waals surface area contributed by atoms with Gasteiger partial charge in [-0.25, -0.2) is 0 Å². The molecule has 2 heteroatoms. The summed E-state index contributed by atoms with van der Waals surface area (Å²) in [6.07, 6.45) is 0. The van der Waals surface area contributed by atoms with Crippen molar-refractivity contribution in [1.29, 1.82) is 0 Å². The van der Waals surface area contributed by atoms with Crippen LogP contribution in [-0.4, -0.2) is 21.2 Å². The van der Waals surface area contributed by atoms with Crippen molar-refractivity contribution in [3.8, 4) is 0 Å². The van der Waals surface area contributed by atoms with Crippen LogP contribution in [0.2, 0.25) is 12.1 Å². The van der Waals surface area contributed by atoms with Gasteiger partial charge in [-0.3, -0.25) is 0 Å². The van der Waals surface area contributed by atoms with Gasteiger partial charge in [-0.15, -0.1) is 0 Å². The maximum atomic E-state index is 4.19. The first-order valence-corrected chi connectivity index (χ1v) is 5.92. The fraction of sp³-hybridized carbons (Fsp3) is 0.857. The van der Waals surface area contributed by atoms with Gasteiger partial charge in [-0.05, 0) is 17.8 Å². The van der Waals surface area contributed by atoms with Gasteiger partial charge < -0.3 is 4.99 Å². The first kappa shape index (κ1) is 8.89. The Kier molecular flexibility index (Phi) is 3.78. The molecule has 0 aromatic carbocycles. The number of aliphatic imine (C=N–C) groups is 1. The Morgan fingerprint density at radius 1 is 1.44 bits per heavy atom. The van der Waals surface area contributed by atoms with Crippen LogP contribution in [0.4, 0.5) is 0 Å². The molecule has 0 amide bonds. The van der Waals surface area contributed by atoms with Crippen LogP contribution in [0.15, 0.2) is 4.99 Å². The van der Waals surface area contributed by atoms with Gasteiger partial charge in [0.25, 0.3) is 0 Å². The van der Waals surface area contributed by atoms with Crippen molar-refractivity contribution in [2.75, 3.05) is 7.05 Å². The van der Waals surface area contributed by atoms with Crippen LogP contribution in [-0.2, 0) is 0 Å². The zero-order chi connectivity index (χ0) is 7.44. The predicted octanol–water partition coefficient (Wildman–Crippen LogP) is 1.88. The van der Waals surface area contributed by atoms with Gasteiger partial charge >= 0.3 is 0 Å². The summed E-state index contributed by atoms with van der Waals surface area (Å²) >= 11 is 0. The molecule has 0 aromatic heterocycles. The van der Waals surface area contributed by atoms with E-state index in [1.807, 2.05) is 7.05 Å². The highest BCUT2D eigenvalue weighted by atomic mass is 28.3. The summed E-state index contributed by atoms with van der Waals surface area (Å²) in [7, 11) is 1.27. The summed E-state index contributed by atoms with van der Waals surface area (Å²) in [6, 6.07) is 0. The molecule has 0 saturated carbocycles. The van der Waals surface area contributed by atoms with Crippen LogP contribution in [0.3, 0.4) is 0 Å². The smallest absolute Gasteiger partial charge is 0.0876 e. The molecule has 0 radical (unpaired) electrons. The van der Waals surface area contributed by atoms with E-state index in [0.29, 0.717) is 0 Å². The standard InChI is InChI=1S/C7H17NSi/c1-6(2)9(5)7(3)8-4/h6,9H,1-5H3. The zero-order valence-corrected chi connectivity index (χ0v) is 8.26. The Labute approximate surface area is 59.8 Å². The van der Waals surface area contributed by atoms with E-state index in [4.69, 9.17) is 0 Å². The topological polar surface area (TPSA) is 12.4 Å².